The van der Waals surface area contributed by atoms with Gasteiger partial charge in [0.2, 0.25) is 5.91 Å². The zero-order valence-corrected chi connectivity index (χ0v) is 17.1. The van der Waals surface area contributed by atoms with Crippen LogP contribution < -0.4 is 16.0 Å². The van der Waals surface area contributed by atoms with E-state index < -0.39 is 0 Å². The Labute approximate surface area is 176 Å². The number of hydrogen-bond acceptors (Lipinski definition) is 5. The van der Waals surface area contributed by atoms with Gasteiger partial charge in [0.25, 0.3) is 5.91 Å². The van der Waals surface area contributed by atoms with Gasteiger partial charge in [-0.25, -0.2) is 4.98 Å². The molecule has 0 saturated carbocycles. The van der Waals surface area contributed by atoms with Crippen LogP contribution in [0.15, 0.2) is 61.1 Å². The average Bonchev–Trinajstić information content (AvgIpc) is 2.79. The highest BCUT2D eigenvalue weighted by atomic mass is 16.2. The molecule has 0 aliphatic heterocycles. The Kier molecular flexibility index (Phi) is 7.24. The normalized spacial score (nSPS) is 10.5. The number of aryl methyl sites for hydroxylation is 1. The molecule has 0 atom stereocenters. The van der Waals surface area contributed by atoms with Crippen LogP contribution in [0.3, 0.4) is 0 Å². The van der Waals surface area contributed by atoms with Crippen molar-refractivity contribution in [1.29, 1.82) is 0 Å². The molecular weight excluding hydrogens is 378 g/mol. The summed E-state index contributed by atoms with van der Waals surface area (Å²) in [4.78, 5) is 33.0. The minimum atomic E-state index is -0.357. The number of pyridine rings is 2. The monoisotopic (exact) mass is 403 g/mol. The minimum Gasteiger partial charge on any atom is -0.354 e. The number of nitrogens with one attached hydrogen (secondary N) is 3. The summed E-state index contributed by atoms with van der Waals surface area (Å²) in [7, 11) is 1.53. The third-order valence-electron chi connectivity index (χ3n) is 4.64. The quantitative estimate of drug-likeness (QED) is 0.538. The largest absolute Gasteiger partial charge is 0.354 e. The van der Waals surface area contributed by atoms with Crippen molar-refractivity contribution in [1.82, 2.24) is 20.6 Å². The molecule has 0 fully saturated rings. The summed E-state index contributed by atoms with van der Waals surface area (Å²) >= 11 is 0. The van der Waals surface area contributed by atoms with Gasteiger partial charge in [-0.15, -0.1) is 0 Å². The fourth-order valence-corrected chi connectivity index (χ4v) is 3.00. The molecule has 0 aliphatic carbocycles. The molecule has 2 aromatic heterocycles. The van der Waals surface area contributed by atoms with E-state index in [1.54, 1.807) is 24.7 Å². The fourth-order valence-electron chi connectivity index (χ4n) is 3.00. The number of carbonyl (C=O) groups excluding carboxylic acids is 2. The molecular formula is C23H25N5O2. The van der Waals surface area contributed by atoms with Gasteiger partial charge in [-0.05, 0) is 41.3 Å². The molecule has 0 unspecified atom stereocenters. The third-order valence-corrected chi connectivity index (χ3v) is 4.64. The minimum absolute atomic E-state index is 0.102. The number of hydrogen-bond donors (Lipinski definition) is 3. The number of anilines is 1. The highest BCUT2D eigenvalue weighted by Crippen LogP contribution is 2.25. The van der Waals surface area contributed by atoms with Crippen molar-refractivity contribution in [3.05, 3.63) is 77.9 Å². The van der Waals surface area contributed by atoms with Gasteiger partial charge in [-0.3, -0.25) is 14.6 Å². The lowest BCUT2D eigenvalue weighted by Gasteiger charge is -2.13. The van der Waals surface area contributed by atoms with Crippen molar-refractivity contribution in [2.45, 2.75) is 19.9 Å². The van der Waals surface area contributed by atoms with Gasteiger partial charge in [0.05, 0.1) is 12.2 Å². The van der Waals surface area contributed by atoms with Crippen LogP contribution in [0.5, 0.6) is 0 Å². The summed E-state index contributed by atoms with van der Waals surface area (Å²) in [5, 5.41) is 8.46. The van der Waals surface area contributed by atoms with Gasteiger partial charge < -0.3 is 16.0 Å². The second-order valence-corrected chi connectivity index (χ2v) is 6.76. The Hall–Kier alpha value is -3.58. The zero-order chi connectivity index (χ0) is 21.3. The van der Waals surface area contributed by atoms with Crippen LogP contribution in [0, 0.1) is 0 Å². The first-order valence-electron chi connectivity index (χ1n) is 9.81. The van der Waals surface area contributed by atoms with Crippen LogP contribution in [0.25, 0.3) is 11.1 Å². The molecule has 0 bridgehead atoms. The Morgan fingerprint density at radius 3 is 2.53 bits per heavy atom. The number of carbonyl (C=O) groups is 2. The van der Waals surface area contributed by atoms with E-state index in [-0.39, 0.29) is 24.1 Å². The standard InChI is InChI=1S/C23H25N5O2/c1-3-16-5-4-6-18(11-16)19-12-20(22(27-14-19)23(30)24-2)28-21(29)15-26-13-17-7-9-25-10-8-17/h4-12,14,26H,3,13,15H2,1-2H3,(H,24,30)(H,28,29). The fraction of sp³-hybridized carbons (Fsp3) is 0.217. The van der Waals surface area contributed by atoms with E-state index in [0.29, 0.717) is 12.2 Å². The Morgan fingerprint density at radius 2 is 1.80 bits per heavy atom. The second kappa shape index (κ2) is 10.3. The molecule has 0 radical (unpaired) electrons. The first-order chi connectivity index (χ1) is 14.6. The molecule has 3 N–H and O–H groups in total. The SMILES string of the molecule is CCc1cccc(-c2cnc(C(=O)NC)c(NC(=O)CNCc3ccncc3)c2)c1. The van der Waals surface area contributed by atoms with Crippen molar-refractivity contribution >= 4 is 17.5 Å². The average molecular weight is 403 g/mol. The summed E-state index contributed by atoms with van der Waals surface area (Å²) in [6, 6.07) is 13.7. The van der Waals surface area contributed by atoms with Gasteiger partial charge in [0.1, 0.15) is 0 Å². The van der Waals surface area contributed by atoms with Crippen molar-refractivity contribution in [3.8, 4) is 11.1 Å². The van der Waals surface area contributed by atoms with Crippen LogP contribution >= 0.6 is 0 Å². The molecule has 7 heteroatoms. The predicted octanol–water partition coefficient (Wildman–Crippen LogP) is 2.79. The lowest BCUT2D eigenvalue weighted by atomic mass is 10.0. The maximum absolute atomic E-state index is 12.5. The van der Waals surface area contributed by atoms with Crippen molar-refractivity contribution in [2.75, 3.05) is 18.9 Å². The second-order valence-electron chi connectivity index (χ2n) is 6.76. The zero-order valence-electron chi connectivity index (χ0n) is 17.1. The lowest BCUT2D eigenvalue weighted by molar-refractivity contribution is -0.115. The predicted molar refractivity (Wildman–Crippen MR) is 117 cm³/mol. The Morgan fingerprint density at radius 1 is 1.00 bits per heavy atom. The number of aromatic nitrogens is 2. The van der Waals surface area contributed by atoms with Gasteiger partial charge in [0.15, 0.2) is 5.69 Å². The maximum Gasteiger partial charge on any atom is 0.271 e. The molecule has 0 saturated heterocycles. The van der Waals surface area contributed by atoms with Crippen molar-refractivity contribution in [2.24, 2.45) is 0 Å². The highest BCUT2D eigenvalue weighted by Gasteiger charge is 2.15. The summed E-state index contributed by atoms with van der Waals surface area (Å²) in [6.45, 7) is 2.74. The molecule has 154 valence electrons. The smallest absolute Gasteiger partial charge is 0.271 e. The van der Waals surface area contributed by atoms with E-state index in [1.165, 1.54) is 12.6 Å². The Bertz CT molecular complexity index is 1020. The van der Waals surface area contributed by atoms with Crippen LogP contribution in [-0.2, 0) is 17.8 Å². The van der Waals surface area contributed by atoms with Crippen LogP contribution in [-0.4, -0.2) is 35.4 Å². The number of nitrogens with zero attached hydrogens (tertiary/aromatic N) is 2. The van der Waals surface area contributed by atoms with Gasteiger partial charge >= 0.3 is 0 Å². The van der Waals surface area contributed by atoms with Crippen molar-refractivity contribution < 1.29 is 9.59 Å². The third kappa shape index (κ3) is 5.48. The summed E-state index contributed by atoms with van der Waals surface area (Å²) in [5.41, 5.74) is 4.60. The summed E-state index contributed by atoms with van der Waals surface area (Å²) < 4.78 is 0. The van der Waals surface area contributed by atoms with E-state index in [0.717, 1.165) is 23.1 Å². The van der Waals surface area contributed by atoms with Gasteiger partial charge in [0, 0.05) is 37.7 Å². The van der Waals surface area contributed by atoms with E-state index in [1.807, 2.05) is 24.3 Å². The number of amides is 2. The van der Waals surface area contributed by atoms with E-state index >= 15 is 0 Å². The van der Waals surface area contributed by atoms with Crippen LogP contribution in [0.4, 0.5) is 5.69 Å². The van der Waals surface area contributed by atoms with Gasteiger partial charge in [-0.1, -0.05) is 31.2 Å². The van der Waals surface area contributed by atoms with E-state index in [4.69, 9.17) is 0 Å². The highest BCUT2D eigenvalue weighted by molar-refractivity contribution is 6.03. The van der Waals surface area contributed by atoms with Crippen LogP contribution in [0.1, 0.15) is 28.5 Å². The van der Waals surface area contributed by atoms with E-state index in [2.05, 4.69) is 45.0 Å². The van der Waals surface area contributed by atoms with Gasteiger partial charge in [-0.2, -0.15) is 0 Å². The van der Waals surface area contributed by atoms with E-state index in [9.17, 15) is 9.59 Å². The molecule has 30 heavy (non-hydrogen) atoms. The molecule has 3 rings (SSSR count). The lowest BCUT2D eigenvalue weighted by Crippen LogP contribution is -2.29. The molecule has 2 amide bonds. The first kappa shape index (κ1) is 21.1. The molecule has 3 aromatic rings. The molecule has 7 nitrogen and oxygen atoms in total. The molecule has 0 aliphatic rings. The summed E-state index contributed by atoms with van der Waals surface area (Å²) in [6.07, 6.45) is 5.98. The molecule has 2 heterocycles. The first-order valence-corrected chi connectivity index (χ1v) is 9.81. The molecule has 0 spiro atoms. The molecule has 1 aromatic carbocycles. The number of benzene rings is 1. The van der Waals surface area contributed by atoms with Crippen LogP contribution in [0.2, 0.25) is 0 Å². The van der Waals surface area contributed by atoms with Crippen molar-refractivity contribution in [3.63, 3.8) is 0 Å². The topological polar surface area (TPSA) is 96.0 Å². The maximum atomic E-state index is 12.5. The Balaban J connectivity index is 1.76. The number of rotatable bonds is 8. The summed E-state index contributed by atoms with van der Waals surface area (Å²) in [5.74, 6) is -0.612.